The van der Waals surface area contributed by atoms with E-state index in [1.54, 1.807) is 0 Å². The van der Waals surface area contributed by atoms with Crippen molar-refractivity contribution in [2.45, 2.75) is 6.54 Å². The Labute approximate surface area is 142 Å². The van der Waals surface area contributed by atoms with Gasteiger partial charge in [0.05, 0.1) is 0 Å². The first kappa shape index (κ1) is 16.3. The standard InChI is InChI=1S/C19H23N3O2/c20-19(23)15-24-18-8-6-17(7-9-18)22-12-10-21(11-13-22)14-16-4-2-1-3-5-16/h1-9H,10-15H2,(H2,20,23). The summed E-state index contributed by atoms with van der Waals surface area (Å²) in [5.41, 5.74) is 7.62. The highest BCUT2D eigenvalue weighted by Gasteiger charge is 2.17. The highest BCUT2D eigenvalue weighted by atomic mass is 16.5. The van der Waals surface area contributed by atoms with Gasteiger partial charge in [0, 0.05) is 38.4 Å². The number of nitrogens with zero attached hydrogens (tertiary/aromatic N) is 2. The molecule has 5 heteroatoms. The van der Waals surface area contributed by atoms with Crippen LogP contribution in [0, 0.1) is 0 Å². The molecule has 0 atom stereocenters. The van der Waals surface area contributed by atoms with Gasteiger partial charge in [0.15, 0.2) is 6.61 Å². The van der Waals surface area contributed by atoms with Crippen molar-refractivity contribution < 1.29 is 9.53 Å². The molecular weight excluding hydrogens is 302 g/mol. The molecular formula is C19H23N3O2. The smallest absolute Gasteiger partial charge is 0.255 e. The van der Waals surface area contributed by atoms with E-state index >= 15 is 0 Å². The lowest BCUT2D eigenvalue weighted by Gasteiger charge is -2.36. The van der Waals surface area contributed by atoms with Gasteiger partial charge in [0.1, 0.15) is 5.75 Å². The van der Waals surface area contributed by atoms with Gasteiger partial charge in [0.2, 0.25) is 0 Å². The predicted molar refractivity (Wildman–Crippen MR) is 95.1 cm³/mol. The summed E-state index contributed by atoms with van der Waals surface area (Å²) in [6.07, 6.45) is 0. The van der Waals surface area contributed by atoms with Gasteiger partial charge >= 0.3 is 0 Å². The Hall–Kier alpha value is -2.53. The molecule has 0 radical (unpaired) electrons. The number of nitrogens with two attached hydrogens (primary N) is 1. The molecule has 2 aromatic rings. The van der Waals surface area contributed by atoms with E-state index in [9.17, 15) is 4.79 Å². The number of ether oxygens (including phenoxy) is 1. The van der Waals surface area contributed by atoms with Crippen molar-refractivity contribution in [1.82, 2.24) is 4.90 Å². The molecule has 0 bridgehead atoms. The van der Waals surface area contributed by atoms with Crippen molar-refractivity contribution in [3.05, 3.63) is 60.2 Å². The monoisotopic (exact) mass is 325 g/mol. The topological polar surface area (TPSA) is 58.8 Å². The van der Waals surface area contributed by atoms with Crippen LogP contribution in [0.4, 0.5) is 5.69 Å². The van der Waals surface area contributed by atoms with Crippen molar-refractivity contribution in [2.75, 3.05) is 37.7 Å². The molecule has 5 nitrogen and oxygen atoms in total. The summed E-state index contributed by atoms with van der Waals surface area (Å²) in [7, 11) is 0. The summed E-state index contributed by atoms with van der Waals surface area (Å²) < 4.78 is 5.29. The molecule has 0 saturated carbocycles. The number of benzene rings is 2. The van der Waals surface area contributed by atoms with E-state index < -0.39 is 5.91 Å². The summed E-state index contributed by atoms with van der Waals surface area (Å²) in [5.74, 6) is 0.203. The number of hydrogen-bond donors (Lipinski definition) is 1. The summed E-state index contributed by atoms with van der Waals surface area (Å²) in [6.45, 7) is 5.04. The van der Waals surface area contributed by atoms with Gasteiger partial charge in [-0.3, -0.25) is 9.69 Å². The number of anilines is 1. The molecule has 1 amide bonds. The molecule has 24 heavy (non-hydrogen) atoms. The maximum atomic E-state index is 10.7. The minimum atomic E-state index is -0.464. The zero-order chi connectivity index (χ0) is 16.8. The van der Waals surface area contributed by atoms with Crippen LogP contribution in [0.3, 0.4) is 0 Å². The number of carbonyl (C=O) groups is 1. The third kappa shape index (κ3) is 4.49. The maximum absolute atomic E-state index is 10.7. The highest BCUT2D eigenvalue weighted by Crippen LogP contribution is 2.21. The Morgan fingerprint density at radius 3 is 2.25 bits per heavy atom. The zero-order valence-corrected chi connectivity index (χ0v) is 13.7. The summed E-state index contributed by atoms with van der Waals surface area (Å²) in [5, 5.41) is 0. The Kier molecular flexibility index (Phi) is 5.33. The Bertz CT molecular complexity index is 650. The molecule has 0 aliphatic carbocycles. The molecule has 2 aromatic carbocycles. The van der Waals surface area contributed by atoms with Gasteiger partial charge in [-0.1, -0.05) is 30.3 Å². The second-order valence-corrected chi connectivity index (χ2v) is 6.00. The summed E-state index contributed by atoms with van der Waals surface area (Å²) in [4.78, 5) is 15.6. The number of rotatable bonds is 6. The summed E-state index contributed by atoms with van der Waals surface area (Å²) in [6, 6.07) is 18.4. The summed E-state index contributed by atoms with van der Waals surface area (Å²) >= 11 is 0. The van der Waals surface area contributed by atoms with E-state index in [-0.39, 0.29) is 6.61 Å². The van der Waals surface area contributed by atoms with Crippen LogP contribution in [-0.2, 0) is 11.3 Å². The van der Waals surface area contributed by atoms with E-state index in [0.29, 0.717) is 5.75 Å². The van der Waals surface area contributed by atoms with Crippen molar-refractivity contribution in [2.24, 2.45) is 5.73 Å². The van der Waals surface area contributed by atoms with E-state index in [2.05, 4.69) is 40.1 Å². The second-order valence-electron chi connectivity index (χ2n) is 6.00. The van der Waals surface area contributed by atoms with E-state index in [4.69, 9.17) is 10.5 Å². The van der Waals surface area contributed by atoms with Crippen LogP contribution in [0.25, 0.3) is 0 Å². The molecule has 0 aromatic heterocycles. The van der Waals surface area contributed by atoms with Crippen LogP contribution in [0.1, 0.15) is 5.56 Å². The van der Waals surface area contributed by atoms with Crippen molar-refractivity contribution >= 4 is 11.6 Å². The molecule has 1 heterocycles. The molecule has 126 valence electrons. The molecule has 1 aliphatic rings. The lowest BCUT2D eigenvalue weighted by molar-refractivity contribution is -0.119. The van der Waals surface area contributed by atoms with Crippen LogP contribution in [0.2, 0.25) is 0 Å². The van der Waals surface area contributed by atoms with Crippen LogP contribution in [0.15, 0.2) is 54.6 Å². The number of carbonyl (C=O) groups excluding carboxylic acids is 1. The Balaban J connectivity index is 1.50. The number of primary amides is 1. The fourth-order valence-electron chi connectivity index (χ4n) is 2.91. The Morgan fingerprint density at radius 1 is 0.958 bits per heavy atom. The van der Waals surface area contributed by atoms with E-state index in [1.165, 1.54) is 11.3 Å². The average molecular weight is 325 g/mol. The molecule has 1 aliphatic heterocycles. The zero-order valence-electron chi connectivity index (χ0n) is 13.7. The van der Waals surface area contributed by atoms with Crippen molar-refractivity contribution in [3.8, 4) is 5.75 Å². The van der Waals surface area contributed by atoms with Gasteiger partial charge < -0.3 is 15.4 Å². The van der Waals surface area contributed by atoms with Gasteiger partial charge in [-0.05, 0) is 29.8 Å². The van der Waals surface area contributed by atoms with Gasteiger partial charge in [-0.25, -0.2) is 0 Å². The first-order valence-electron chi connectivity index (χ1n) is 8.23. The number of hydrogen-bond acceptors (Lipinski definition) is 4. The maximum Gasteiger partial charge on any atom is 0.255 e. The first-order chi connectivity index (χ1) is 11.7. The second kappa shape index (κ2) is 7.84. The molecule has 2 N–H and O–H groups in total. The lowest BCUT2D eigenvalue weighted by Crippen LogP contribution is -2.45. The van der Waals surface area contributed by atoms with Gasteiger partial charge in [-0.15, -0.1) is 0 Å². The highest BCUT2D eigenvalue weighted by molar-refractivity contribution is 5.75. The molecule has 3 rings (SSSR count). The van der Waals surface area contributed by atoms with Crippen LogP contribution < -0.4 is 15.4 Å². The van der Waals surface area contributed by atoms with Crippen molar-refractivity contribution in [3.63, 3.8) is 0 Å². The van der Waals surface area contributed by atoms with Gasteiger partial charge in [-0.2, -0.15) is 0 Å². The fraction of sp³-hybridized carbons (Fsp3) is 0.316. The van der Waals surface area contributed by atoms with Gasteiger partial charge in [0.25, 0.3) is 5.91 Å². The molecule has 0 spiro atoms. The number of piperazine rings is 1. The minimum absolute atomic E-state index is 0.0858. The first-order valence-corrected chi connectivity index (χ1v) is 8.23. The number of amides is 1. The lowest BCUT2D eigenvalue weighted by atomic mass is 10.2. The molecule has 1 saturated heterocycles. The molecule has 1 fully saturated rings. The third-order valence-electron chi connectivity index (χ3n) is 4.20. The molecule has 0 unspecified atom stereocenters. The third-order valence-corrected chi connectivity index (χ3v) is 4.20. The largest absolute Gasteiger partial charge is 0.484 e. The van der Waals surface area contributed by atoms with Crippen molar-refractivity contribution in [1.29, 1.82) is 0 Å². The van der Waals surface area contributed by atoms with E-state index in [0.717, 1.165) is 32.7 Å². The quantitative estimate of drug-likeness (QED) is 0.881. The fourth-order valence-corrected chi connectivity index (χ4v) is 2.91. The van der Waals surface area contributed by atoms with Crippen LogP contribution in [0.5, 0.6) is 5.75 Å². The van der Waals surface area contributed by atoms with Crippen LogP contribution in [-0.4, -0.2) is 43.6 Å². The van der Waals surface area contributed by atoms with E-state index in [1.807, 2.05) is 24.3 Å². The minimum Gasteiger partial charge on any atom is -0.484 e. The normalized spacial score (nSPS) is 15.2. The SMILES string of the molecule is NC(=O)COc1ccc(N2CCN(Cc3ccccc3)CC2)cc1. The van der Waals surface area contributed by atoms with Crippen LogP contribution >= 0.6 is 0 Å². The average Bonchev–Trinajstić information content (AvgIpc) is 2.62. The Morgan fingerprint density at radius 2 is 1.62 bits per heavy atom. The predicted octanol–water partition coefficient (Wildman–Crippen LogP) is 1.87.